The SMILES string of the molecule is COC(=O)[C@@H]1N[C@@H]2CC[C@H]1C2. The molecule has 62 valence electrons. The Kier molecular flexibility index (Phi) is 1.60. The van der Waals surface area contributed by atoms with Crippen LogP contribution in [0.25, 0.3) is 0 Å². The molecule has 1 saturated carbocycles. The first kappa shape index (κ1) is 7.10. The van der Waals surface area contributed by atoms with Crippen molar-refractivity contribution in [3.63, 3.8) is 0 Å². The van der Waals surface area contributed by atoms with E-state index < -0.39 is 0 Å². The van der Waals surface area contributed by atoms with Crippen LogP contribution < -0.4 is 5.32 Å². The number of ether oxygens (including phenoxy) is 1. The van der Waals surface area contributed by atoms with Crippen molar-refractivity contribution in [2.45, 2.75) is 31.3 Å². The largest absolute Gasteiger partial charge is 0.468 e. The van der Waals surface area contributed by atoms with Crippen LogP contribution in [-0.2, 0) is 9.53 Å². The van der Waals surface area contributed by atoms with Gasteiger partial charge >= 0.3 is 5.97 Å². The summed E-state index contributed by atoms with van der Waals surface area (Å²) in [5, 5.41) is 3.27. The van der Waals surface area contributed by atoms with Crippen molar-refractivity contribution in [2.75, 3.05) is 7.11 Å². The molecule has 2 rings (SSSR count). The number of esters is 1. The molecule has 1 saturated heterocycles. The summed E-state index contributed by atoms with van der Waals surface area (Å²) in [6, 6.07) is 0.586. The molecule has 0 radical (unpaired) electrons. The quantitative estimate of drug-likeness (QED) is 0.553. The average molecular weight is 155 g/mol. The van der Waals surface area contributed by atoms with Gasteiger partial charge in [-0.25, -0.2) is 0 Å². The molecule has 3 atom stereocenters. The van der Waals surface area contributed by atoms with E-state index >= 15 is 0 Å². The van der Waals surface area contributed by atoms with Gasteiger partial charge in [-0.3, -0.25) is 4.79 Å². The maximum atomic E-state index is 11.1. The van der Waals surface area contributed by atoms with Gasteiger partial charge in [0.25, 0.3) is 0 Å². The Labute approximate surface area is 66.1 Å². The highest BCUT2D eigenvalue weighted by Gasteiger charge is 2.43. The van der Waals surface area contributed by atoms with Crippen LogP contribution in [-0.4, -0.2) is 25.2 Å². The second kappa shape index (κ2) is 2.48. The van der Waals surface area contributed by atoms with E-state index in [0.717, 1.165) is 0 Å². The third-order valence-electron chi connectivity index (χ3n) is 2.81. The summed E-state index contributed by atoms with van der Waals surface area (Å²) in [4.78, 5) is 11.1. The smallest absolute Gasteiger partial charge is 0.323 e. The summed E-state index contributed by atoms with van der Waals surface area (Å²) in [6.45, 7) is 0. The fraction of sp³-hybridized carbons (Fsp3) is 0.875. The maximum absolute atomic E-state index is 11.1. The molecular formula is C8H13NO2. The monoisotopic (exact) mass is 155 g/mol. The summed E-state index contributed by atoms with van der Waals surface area (Å²) in [7, 11) is 1.45. The molecule has 0 unspecified atom stereocenters. The van der Waals surface area contributed by atoms with Gasteiger partial charge in [-0.1, -0.05) is 0 Å². The first-order valence-electron chi connectivity index (χ1n) is 4.15. The van der Waals surface area contributed by atoms with E-state index in [2.05, 4.69) is 10.1 Å². The topological polar surface area (TPSA) is 38.3 Å². The van der Waals surface area contributed by atoms with E-state index in [4.69, 9.17) is 0 Å². The second-order valence-corrected chi connectivity index (χ2v) is 3.44. The van der Waals surface area contributed by atoms with Crippen LogP contribution in [0.5, 0.6) is 0 Å². The van der Waals surface area contributed by atoms with Gasteiger partial charge in [0, 0.05) is 6.04 Å². The number of carbonyl (C=O) groups excluding carboxylic acids is 1. The first-order chi connectivity index (χ1) is 5.31. The predicted molar refractivity (Wildman–Crippen MR) is 40.1 cm³/mol. The first-order valence-corrected chi connectivity index (χ1v) is 4.15. The second-order valence-electron chi connectivity index (χ2n) is 3.44. The van der Waals surface area contributed by atoms with E-state index in [1.807, 2.05) is 0 Å². The predicted octanol–water partition coefficient (Wildman–Crippen LogP) is 0.300. The highest BCUT2D eigenvalue weighted by molar-refractivity contribution is 5.76. The lowest BCUT2D eigenvalue weighted by molar-refractivity contribution is -0.144. The van der Waals surface area contributed by atoms with Gasteiger partial charge in [0.05, 0.1) is 7.11 Å². The fourth-order valence-corrected chi connectivity index (χ4v) is 2.25. The number of hydrogen-bond donors (Lipinski definition) is 1. The molecule has 2 bridgehead atoms. The minimum atomic E-state index is -0.0859. The van der Waals surface area contributed by atoms with Gasteiger partial charge < -0.3 is 10.1 Å². The molecule has 1 heterocycles. The van der Waals surface area contributed by atoms with Crippen molar-refractivity contribution in [3.8, 4) is 0 Å². The van der Waals surface area contributed by atoms with Crippen molar-refractivity contribution < 1.29 is 9.53 Å². The Morgan fingerprint density at radius 3 is 2.82 bits per heavy atom. The lowest BCUT2D eigenvalue weighted by Gasteiger charge is -2.20. The number of fused-ring (bicyclic) bond motifs is 2. The van der Waals surface area contributed by atoms with E-state index in [-0.39, 0.29) is 12.0 Å². The van der Waals surface area contributed by atoms with Crippen LogP contribution in [0.15, 0.2) is 0 Å². The van der Waals surface area contributed by atoms with Gasteiger partial charge in [-0.2, -0.15) is 0 Å². The van der Waals surface area contributed by atoms with E-state index in [9.17, 15) is 4.79 Å². The van der Waals surface area contributed by atoms with Crippen LogP contribution in [0.1, 0.15) is 19.3 Å². The zero-order chi connectivity index (χ0) is 7.84. The molecule has 3 heteroatoms. The van der Waals surface area contributed by atoms with Crippen LogP contribution in [0, 0.1) is 5.92 Å². The zero-order valence-electron chi connectivity index (χ0n) is 6.67. The van der Waals surface area contributed by atoms with E-state index in [0.29, 0.717) is 12.0 Å². The zero-order valence-corrected chi connectivity index (χ0v) is 6.67. The molecule has 2 aliphatic rings. The normalized spacial score (nSPS) is 41.0. The number of nitrogens with one attached hydrogen (secondary N) is 1. The Morgan fingerprint density at radius 2 is 2.36 bits per heavy atom. The summed E-state index contributed by atoms with van der Waals surface area (Å²) in [5.41, 5.74) is 0. The van der Waals surface area contributed by atoms with Gasteiger partial charge in [-0.15, -0.1) is 0 Å². The average Bonchev–Trinajstić information content (AvgIpc) is 2.62. The molecule has 1 N–H and O–H groups in total. The van der Waals surface area contributed by atoms with Gasteiger partial charge in [0.1, 0.15) is 6.04 Å². The molecule has 11 heavy (non-hydrogen) atoms. The summed E-state index contributed by atoms with van der Waals surface area (Å²) >= 11 is 0. The van der Waals surface area contributed by atoms with E-state index in [1.54, 1.807) is 0 Å². The summed E-state index contributed by atoms with van der Waals surface area (Å²) < 4.78 is 4.69. The minimum Gasteiger partial charge on any atom is -0.468 e. The van der Waals surface area contributed by atoms with Crippen LogP contribution in [0.4, 0.5) is 0 Å². The molecule has 3 nitrogen and oxygen atoms in total. The third kappa shape index (κ3) is 1.03. The molecule has 2 fully saturated rings. The third-order valence-corrected chi connectivity index (χ3v) is 2.81. The highest BCUT2D eigenvalue weighted by Crippen LogP contribution is 2.35. The number of rotatable bonds is 1. The number of carbonyl (C=O) groups is 1. The standard InChI is InChI=1S/C8H13NO2/c1-11-8(10)7-5-2-3-6(4-5)9-7/h5-7,9H,2-4H2,1H3/t5-,6+,7+/m0/s1. The maximum Gasteiger partial charge on any atom is 0.323 e. The van der Waals surface area contributed by atoms with Gasteiger partial charge in [0.2, 0.25) is 0 Å². The molecule has 1 aliphatic carbocycles. The Bertz CT molecular complexity index is 181. The van der Waals surface area contributed by atoms with Crippen molar-refractivity contribution in [2.24, 2.45) is 5.92 Å². The molecule has 1 aliphatic heterocycles. The van der Waals surface area contributed by atoms with Crippen molar-refractivity contribution in [3.05, 3.63) is 0 Å². The lowest BCUT2D eigenvalue weighted by atomic mass is 10.0. The molecule has 0 aromatic heterocycles. The highest BCUT2D eigenvalue weighted by atomic mass is 16.5. The van der Waals surface area contributed by atoms with E-state index in [1.165, 1.54) is 26.4 Å². The minimum absolute atomic E-state index is 0.00116. The molecular weight excluding hydrogens is 142 g/mol. The summed E-state index contributed by atoms with van der Waals surface area (Å²) in [5.74, 6) is 0.463. The van der Waals surface area contributed by atoms with Crippen molar-refractivity contribution >= 4 is 5.97 Å². The Morgan fingerprint density at radius 1 is 1.55 bits per heavy atom. The fourth-order valence-electron chi connectivity index (χ4n) is 2.25. The molecule has 0 spiro atoms. The summed E-state index contributed by atoms with van der Waals surface area (Å²) in [6.07, 6.45) is 3.59. The number of methoxy groups -OCH3 is 1. The molecule has 0 aromatic rings. The lowest BCUT2D eigenvalue weighted by Crippen LogP contribution is -2.42. The molecule has 0 amide bonds. The van der Waals surface area contributed by atoms with Gasteiger partial charge in [-0.05, 0) is 25.2 Å². The molecule has 0 aromatic carbocycles. The Balaban J connectivity index is 2.02. The van der Waals surface area contributed by atoms with Crippen LogP contribution in [0.2, 0.25) is 0 Å². The number of hydrogen-bond acceptors (Lipinski definition) is 3. The van der Waals surface area contributed by atoms with Crippen molar-refractivity contribution in [1.82, 2.24) is 5.32 Å². The van der Waals surface area contributed by atoms with Gasteiger partial charge in [0.15, 0.2) is 0 Å². The van der Waals surface area contributed by atoms with Crippen LogP contribution >= 0.6 is 0 Å². The number of piperidine rings is 1. The van der Waals surface area contributed by atoms with Crippen LogP contribution in [0.3, 0.4) is 0 Å². The Hall–Kier alpha value is -0.570. The van der Waals surface area contributed by atoms with Crippen molar-refractivity contribution in [1.29, 1.82) is 0 Å².